The second-order valence-electron chi connectivity index (χ2n) is 3.95. The molecular weight excluding hydrogens is 276 g/mol. The second kappa shape index (κ2) is 5.25. The Hall–Kier alpha value is -1.12. The van der Waals surface area contributed by atoms with Crippen LogP contribution in [0.3, 0.4) is 0 Å². The number of rotatable bonds is 5. The lowest BCUT2D eigenvalue weighted by atomic mass is 10.2. The first-order valence-electron chi connectivity index (χ1n) is 5.29. The van der Waals surface area contributed by atoms with Gasteiger partial charge in [-0.3, -0.25) is 4.72 Å². The molecule has 1 aromatic rings. The number of benzene rings is 1. The van der Waals surface area contributed by atoms with Gasteiger partial charge in [-0.05, 0) is 37.1 Å². The Morgan fingerprint density at radius 3 is 2.28 bits per heavy atom. The molecule has 0 saturated carbocycles. The molecule has 8 heteroatoms. The number of aryl methyl sites for hydroxylation is 1. The highest BCUT2D eigenvalue weighted by molar-refractivity contribution is 7.92. The number of hydrogen-bond donors (Lipinski definition) is 2. The summed E-state index contributed by atoms with van der Waals surface area (Å²) in [6.07, 6.45) is 0.504. The lowest BCUT2D eigenvalue weighted by Crippen LogP contribution is -2.17. The lowest BCUT2D eigenvalue weighted by Gasteiger charge is -2.09. The van der Waals surface area contributed by atoms with Crippen molar-refractivity contribution < 1.29 is 16.8 Å². The average molecular weight is 292 g/mol. The number of sulfonamides is 2. The molecule has 0 atom stereocenters. The monoisotopic (exact) mass is 292 g/mol. The number of hydrogen-bond acceptors (Lipinski definition) is 4. The van der Waals surface area contributed by atoms with Crippen LogP contribution < -0.4 is 9.86 Å². The van der Waals surface area contributed by atoms with Crippen LogP contribution in [-0.4, -0.2) is 22.6 Å². The fourth-order valence-electron chi connectivity index (χ4n) is 1.53. The van der Waals surface area contributed by atoms with Gasteiger partial charge in [-0.1, -0.05) is 6.92 Å². The molecule has 102 valence electrons. The van der Waals surface area contributed by atoms with E-state index in [1.165, 1.54) is 18.2 Å². The van der Waals surface area contributed by atoms with Gasteiger partial charge in [0.2, 0.25) is 20.0 Å². The van der Waals surface area contributed by atoms with Crippen LogP contribution in [0.15, 0.2) is 23.1 Å². The highest BCUT2D eigenvalue weighted by atomic mass is 32.2. The molecule has 0 amide bonds. The van der Waals surface area contributed by atoms with E-state index in [4.69, 9.17) is 5.14 Å². The van der Waals surface area contributed by atoms with E-state index in [9.17, 15) is 16.8 Å². The fourth-order valence-corrected chi connectivity index (χ4v) is 3.42. The first kappa shape index (κ1) is 14.9. The molecule has 1 rings (SSSR count). The van der Waals surface area contributed by atoms with E-state index >= 15 is 0 Å². The third kappa shape index (κ3) is 3.97. The molecule has 0 aromatic heterocycles. The summed E-state index contributed by atoms with van der Waals surface area (Å²) < 4.78 is 47.8. The second-order valence-corrected chi connectivity index (χ2v) is 7.32. The number of anilines is 1. The molecule has 6 nitrogen and oxygen atoms in total. The number of nitrogens with one attached hydrogen (secondary N) is 1. The van der Waals surface area contributed by atoms with Crippen molar-refractivity contribution in [2.45, 2.75) is 25.2 Å². The van der Waals surface area contributed by atoms with Gasteiger partial charge < -0.3 is 0 Å². The lowest BCUT2D eigenvalue weighted by molar-refractivity contribution is 0.596. The molecule has 0 saturated heterocycles. The Morgan fingerprint density at radius 2 is 1.83 bits per heavy atom. The average Bonchev–Trinajstić information content (AvgIpc) is 2.13. The summed E-state index contributed by atoms with van der Waals surface area (Å²) in [5.41, 5.74) is 0.725. The van der Waals surface area contributed by atoms with Gasteiger partial charge in [-0.2, -0.15) is 0 Å². The summed E-state index contributed by atoms with van der Waals surface area (Å²) in [7, 11) is -7.16. The zero-order chi connectivity index (χ0) is 14.0. The maximum atomic E-state index is 11.5. The Kier molecular flexibility index (Phi) is 4.36. The smallest absolute Gasteiger partial charge is 0.238 e. The summed E-state index contributed by atoms with van der Waals surface area (Å²) in [5, 5.41) is 5.02. The van der Waals surface area contributed by atoms with E-state index in [-0.39, 0.29) is 10.6 Å². The molecule has 0 unspecified atom stereocenters. The summed E-state index contributed by atoms with van der Waals surface area (Å²) >= 11 is 0. The van der Waals surface area contributed by atoms with Crippen molar-refractivity contribution in [3.8, 4) is 0 Å². The van der Waals surface area contributed by atoms with Gasteiger partial charge in [0.15, 0.2) is 0 Å². The van der Waals surface area contributed by atoms with Crippen molar-refractivity contribution in [3.05, 3.63) is 23.8 Å². The zero-order valence-corrected chi connectivity index (χ0v) is 11.8. The molecule has 0 aliphatic rings. The quantitative estimate of drug-likeness (QED) is 0.836. The zero-order valence-electron chi connectivity index (χ0n) is 10.2. The summed E-state index contributed by atoms with van der Waals surface area (Å²) in [6, 6.07) is 4.10. The standard InChI is InChI=1S/C10H16N2O4S2/c1-3-6-17(13,14)12-9-4-5-10(8(2)7-9)18(11,15)16/h4-5,7,12H,3,6H2,1-2H3,(H2,11,15,16). The van der Waals surface area contributed by atoms with Crippen LogP contribution in [0.1, 0.15) is 18.9 Å². The highest BCUT2D eigenvalue weighted by Crippen LogP contribution is 2.19. The summed E-state index contributed by atoms with van der Waals surface area (Å²) in [5.74, 6) is 0.0169. The van der Waals surface area contributed by atoms with Crippen molar-refractivity contribution in [1.82, 2.24) is 0 Å². The van der Waals surface area contributed by atoms with Gasteiger partial charge in [0.25, 0.3) is 0 Å². The summed E-state index contributed by atoms with van der Waals surface area (Å²) in [6.45, 7) is 3.31. The van der Waals surface area contributed by atoms with Crippen molar-refractivity contribution in [1.29, 1.82) is 0 Å². The van der Waals surface area contributed by atoms with Gasteiger partial charge in [0.05, 0.1) is 10.6 Å². The van der Waals surface area contributed by atoms with Gasteiger partial charge in [-0.15, -0.1) is 0 Å². The number of primary sulfonamides is 1. The molecule has 0 bridgehead atoms. The van der Waals surface area contributed by atoms with Gasteiger partial charge in [0.1, 0.15) is 0 Å². The molecule has 0 heterocycles. The van der Waals surface area contributed by atoms with Crippen LogP contribution in [0.4, 0.5) is 5.69 Å². The Bertz CT molecular complexity index is 636. The Morgan fingerprint density at radius 1 is 1.22 bits per heavy atom. The predicted molar refractivity (Wildman–Crippen MR) is 70.3 cm³/mol. The topological polar surface area (TPSA) is 106 Å². The van der Waals surface area contributed by atoms with Crippen molar-refractivity contribution in [3.63, 3.8) is 0 Å². The Balaban J connectivity index is 3.07. The van der Waals surface area contributed by atoms with Crippen LogP contribution in [-0.2, 0) is 20.0 Å². The molecule has 0 aliphatic heterocycles. The van der Waals surface area contributed by atoms with E-state index in [0.717, 1.165) is 0 Å². The van der Waals surface area contributed by atoms with E-state index in [1.807, 2.05) is 0 Å². The molecule has 0 spiro atoms. The van der Waals surface area contributed by atoms with Crippen molar-refractivity contribution in [2.24, 2.45) is 5.14 Å². The van der Waals surface area contributed by atoms with Gasteiger partial charge >= 0.3 is 0 Å². The van der Waals surface area contributed by atoms with E-state index < -0.39 is 20.0 Å². The largest absolute Gasteiger partial charge is 0.284 e. The fraction of sp³-hybridized carbons (Fsp3) is 0.400. The SMILES string of the molecule is CCCS(=O)(=O)Nc1ccc(S(N)(=O)=O)c(C)c1. The summed E-state index contributed by atoms with van der Waals surface area (Å²) in [4.78, 5) is -0.0130. The van der Waals surface area contributed by atoms with Crippen LogP contribution in [0.25, 0.3) is 0 Å². The molecular formula is C10H16N2O4S2. The molecule has 0 aliphatic carbocycles. The molecule has 18 heavy (non-hydrogen) atoms. The Labute approximate surface area is 107 Å². The predicted octanol–water partition coefficient (Wildman–Crippen LogP) is 0.794. The highest BCUT2D eigenvalue weighted by Gasteiger charge is 2.13. The van der Waals surface area contributed by atoms with Crippen LogP contribution in [0.5, 0.6) is 0 Å². The minimum atomic E-state index is -3.78. The van der Waals surface area contributed by atoms with Crippen molar-refractivity contribution in [2.75, 3.05) is 10.5 Å². The maximum Gasteiger partial charge on any atom is 0.238 e. The van der Waals surface area contributed by atoms with E-state index in [2.05, 4.69) is 4.72 Å². The van der Waals surface area contributed by atoms with Crippen LogP contribution >= 0.6 is 0 Å². The maximum absolute atomic E-state index is 11.5. The third-order valence-electron chi connectivity index (χ3n) is 2.23. The molecule has 1 aromatic carbocycles. The van der Waals surface area contributed by atoms with E-state index in [0.29, 0.717) is 17.7 Å². The van der Waals surface area contributed by atoms with E-state index in [1.54, 1.807) is 13.8 Å². The molecule has 0 fully saturated rings. The minimum Gasteiger partial charge on any atom is -0.284 e. The normalized spacial score (nSPS) is 12.4. The third-order valence-corrected chi connectivity index (χ3v) is 4.79. The molecule has 3 N–H and O–H groups in total. The van der Waals surface area contributed by atoms with Gasteiger partial charge in [-0.25, -0.2) is 22.0 Å². The van der Waals surface area contributed by atoms with Gasteiger partial charge in [0, 0.05) is 5.69 Å². The molecule has 0 radical (unpaired) electrons. The first-order valence-corrected chi connectivity index (χ1v) is 8.49. The van der Waals surface area contributed by atoms with Crippen molar-refractivity contribution >= 4 is 25.7 Å². The number of nitrogens with two attached hydrogens (primary N) is 1. The first-order chi connectivity index (χ1) is 8.15. The minimum absolute atomic E-state index is 0.0130. The van der Waals surface area contributed by atoms with Crippen LogP contribution in [0.2, 0.25) is 0 Å². The van der Waals surface area contributed by atoms with Crippen LogP contribution in [0, 0.1) is 6.92 Å².